The SMILES string of the molecule is CCNC(=O)CC(CN)NCC. The van der Waals surface area contributed by atoms with Crippen LogP contribution in [0.4, 0.5) is 0 Å². The zero-order chi connectivity index (χ0) is 9.40. The van der Waals surface area contributed by atoms with Crippen molar-refractivity contribution in [1.82, 2.24) is 10.6 Å². The van der Waals surface area contributed by atoms with E-state index >= 15 is 0 Å². The Morgan fingerprint density at radius 1 is 1.42 bits per heavy atom. The summed E-state index contributed by atoms with van der Waals surface area (Å²) in [6, 6.07) is 0.113. The summed E-state index contributed by atoms with van der Waals surface area (Å²) in [6.45, 7) is 5.94. The summed E-state index contributed by atoms with van der Waals surface area (Å²) in [4.78, 5) is 11.1. The van der Waals surface area contributed by atoms with Crippen molar-refractivity contribution in [2.45, 2.75) is 26.3 Å². The second-order valence-corrected chi connectivity index (χ2v) is 2.65. The molecule has 0 saturated carbocycles. The normalized spacial score (nSPS) is 12.6. The van der Waals surface area contributed by atoms with Crippen LogP contribution >= 0.6 is 0 Å². The minimum atomic E-state index is 0.0638. The molecule has 72 valence electrons. The van der Waals surface area contributed by atoms with Gasteiger partial charge in [-0.05, 0) is 13.5 Å². The smallest absolute Gasteiger partial charge is 0.221 e. The van der Waals surface area contributed by atoms with Gasteiger partial charge in [0, 0.05) is 25.6 Å². The molecular weight excluding hydrogens is 154 g/mol. The Bertz CT molecular complexity index is 127. The standard InChI is InChI=1S/C8H19N3O/c1-3-10-7(6-9)5-8(12)11-4-2/h7,10H,3-6,9H2,1-2H3,(H,11,12). The highest BCUT2D eigenvalue weighted by Crippen LogP contribution is 1.88. The Hall–Kier alpha value is -0.610. The summed E-state index contributed by atoms with van der Waals surface area (Å²) in [5.74, 6) is 0.0638. The largest absolute Gasteiger partial charge is 0.356 e. The number of hydrogen-bond acceptors (Lipinski definition) is 3. The Morgan fingerprint density at radius 3 is 2.50 bits per heavy atom. The molecule has 1 unspecified atom stereocenters. The van der Waals surface area contributed by atoms with Crippen molar-refractivity contribution in [3.8, 4) is 0 Å². The topological polar surface area (TPSA) is 67.2 Å². The summed E-state index contributed by atoms with van der Waals surface area (Å²) < 4.78 is 0. The van der Waals surface area contributed by atoms with Crippen molar-refractivity contribution in [3.63, 3.8) is 0 Å². The number of amides is 1. The van der Waals surface area contributed by atoms with Gasteiger partial charge in [-0.25, -0.2) is 0 Å². The molecule has 4 nitrogen and oxygen atoms in total. The van der Waals surface area contributed by atoms with Gasteiger partial charge in [0.2, 0.25) is 5.91 Å². The molecule has 4 heteroatoms. The average Bonchev–Trinajstić information content (AvgIpc) is 2.04. The van der Waals surface area contributed by atoms with Gasteiger partial charge in [-0.15, -0.1) is 0 Å². The minimum Gasteiger partial charge on any atom is -0.356 e. The van der Waals surface area contributed by atoms with E-state index < -0.39 is 0 Å². The monoisotopic (exact) mass is 173 g/mol. The molecule has 0 fully saturated rings. The van der Waals surface area contributed by atoms with Crippen LogP contribution in [0.2, 0.25) is 0 Å². The zero-order valence-electron chi connectivity index (χ0n) is 7.89. The predicted octanol–water partition coefficient (Wildman–Crippen LogP) is -0.551. The third-order valence-corrected chi connectivity index (χ3v) is 1.58. The summed E-state index contributed by atoms with van der Waals surface area (Å²) in [5.41, 5.74) is 5.46. The van der Waals surface area contributed by atoms with E-state index in [4.69, 9.17) is 5.73 Å². The van der Waals surface area contributed by atoms with Crippen LogP contribution in [0.1, 0.15) is 20.3 Å². The highest BCUT2D eigenvalue weighted by Gasteiger charge is 2.09. The number of rotatable bonds is 6. The maximum Gasteiger partial charge on any atom is 0.221 e. The Morgan fingerprint density at radius 2 is 2.08 bits per heavy atom. The number of hydrogen-bond donors (Lipinski definition) is 3. The molecule has 0 aromatic heterocycles. The maximum absolute atomic E-state index is 11.1. The Balaban J connectivity index is 3.61. The number of carbonyl (C=O) groups is 1. The molecule has 0 rings (SSSR count). The van der Waals surface area contributed by atoms with Crippen molar-refractivity contribution < 1.29 is 4.79 Å². The second kappa shape index (κ2) is 7.06. The zero-order valence-corrected chi connectivity index (χ0v) is 7.89. The number of carbonyl (C=O) groups excluding carboxylic acids is 1. The van der Waals surface area contributed by atoms with E-state index in [1.54, 1.807) is 0 Å². The molecule has 1 atom stereocenters. The summed E-state index contributed by atoms with van der Waals surface area (Å²) in [7, 11) is 0. The van der Waals surface area contributed by atoms with Crippen LogP contribution in [0.5, 0.6) is 0 Å². The van der Waals surface area contributed by atoms with Crippen LogP contribution in [-0.4, -0.2) is 31.6 Å². The Kier molecular flexibility index (Phi) is 6.70. The molecule has 1 amide bonds. The molecule has 0 heterocycles. The first-order chi connectivity index (χ1) is 5.74. The fraction of sp³-hybridized carbons (Fsp3) is 0.875. The van der Waals surface area contributed by atoms with E-state index in [0.717, 1.165) is 6.54 Å². The molecule has 0 aliphatic rings. The average molecular weight is 173 g/mol. The summed E-state index contributed by atoms with van der Waals surface area (Å²) >= 11 is 0. The molecule has 0 spiro atoms. The lowest BCUT2D eigenvalue weighted by Gasteiger charge is -2.14. The van der Waals surface area contributed by atoms with E-state index in [1.807, 2.05) is 13.8 Å². The van der Waals surface area contributed by atoms with Crippen molar-refractivity contribution >= 4 is 5.91 Å². The van der Waals surface area contributed by atoms with E-state index in [9.17, 15) is 4.79 Å². The molecule has 12 heavy (non-hydrogen) atoms. The third kappa shape index (κ3) is 5.09. The van der Waals surface area contributed by atoms with Gasteiger partial charge in [0.1, 0.15) is 0 Å². The van der Waals surface area contributed by atoms with Crippen molar-refractivity contribution in [1.29, 1.82) is 0 Å². The van der Waals surface area contributed by atoms with Gasteiger partial charge in [0.25, 0.3) is 0 Å². The molecule has 0 aliphatic carbocycles. The van der Waals surface area contributed by atoms with Crippen LogP contribution < -0.4 is 16.4 Å². The molecule has 0 aromatic carbocycles. The number of nitrogens with one attached hydrogen (secondary N) is 2. The lowest BCUT2D eigenvalue weighted by molar-refractivity contribution is -0.121. The Labute approximate surface area is 73.9 Å². The minimum absolute atomic E-state index is 0.0638. The second-order valence-electron chi connectivity index (χ2n) is 2.65. The van der Waals surface area contributed by atoms with Crippen molar-refractivity contribution in [2.24, 2.45) is 5.73 Å². The maximum atomic E-state index is 11.1. The van der Waals surface area contributed by atoms with Gasteiger partial charge < -0.3 is 16.4 Å². The molecule has 0 bridgehead atoms. The first-order valence-corrected chi connectivity index (χ1v) is 4.44. The molecule has 0 aromatic rings. The van der Waals surface area contributed by atoms with Gasteiger partial charge in [-0.2, -0.15) is 0 Å². The lowest BCUT2D eigenvalue weighted by atomic mass is 10.2. The highest BCUT2D eigenvalue weighted by molar-refractivity contribution is 5.76. The highest BCUT2D eigenvalue weighted by atomic mass is 16.1. The molecule has 0 saturated heterocycles. The van der Waals surface area contributed by atoms with E-state index in [-0.39, 0.29) is 11.9 Å². The van der Waals surface area contributed by atoms with Crippen LogP contribution in [-0.2, 0) is 4.79 Å². The van der Waals surface area contributed by atoms with Crippen LogP contribution in [0.3, 0.4) is 0 Å². The van der Waals surface area contributed by atoms with Gasteiger partial charge in [0.05, 0.1) is 0 Å². The van der Waals surface area contributed by atoms with Crippen LogP contribution in [0.25, 0.3) is 0 Å². The first kappa shape index (κ1) is 11.4. The van der Waals surface area contributed by atoms with Gasteiger partial charge >= 0.3 is 0 Å². The van der Waals surface area contributed by atoms with Crippen LogP contribution in [0.15, 0.2) is 0 Å². The predicted molar refractivity (Wildman–Crippen MR) is 49.8 cm³/mol. The van der Waals surface area contributed by atoms with E-state index in [1.165, 1.54) is 0 Å². The fourth-order valence-electron chi connectivity index (χ4n) is 1.02. The van der Waals surface area contributed by atoms with E-state index in [2.05, 4.69) is 10.6 Å². The van der Waals surface area contributed by atoms with Crippen molar-refractivity contribution in [2.75, 3.05) is 19.6 Å². The number of nitrogens with two attached hydrogens (primary N) is 1. The molecular formula is C8H19N3O. The van der Waals surface area contributed by atoms with Gasteiger partial charge in [-0.1, -0.05) is 6.92 Å². The molecule has 0 radical (unpaired) electrons. The van der Waals surface area contributed by atoms with E-state index in [0.29, 0.717) is 19.5 Å². The van der Waals surface area contributed by atoms with Gasteiger partial charge in [-0.3, -0.25) is 4.79 Å². The first-order valence-electron chi connectivity index (χ1n) is 4.44. The lowest BCUT2D eigenvalue weighted by Crippen LogP contribution is -2.40. The summed E-state index contributed by atoms with van der Waals surface area (Å²) in [6.07, 6.45) is 0.470. The molecule has 0 aliphatic heterocycles. The van der Waals surface area contributed by atoms with Crippen molar-refractivity contribution in [3.05, 3.63) is 0 Å². The third-order valence-electron chi connectivity index (χ3n) is 1.58. The number of likely N-dealkylation sites (N-methyl/N-ethyl adjacent to an activating group) is 1. The quantitative estimate of drug-likeness (QED) is 0.505. The molecule has 4 N–H and O–H groups in total. The fourth-order valence-corrected chi connectivity index (χ4v) is 1.02. The summed E-state index contributed by atoms with van der Waals surface area (Å²) in [5, 5.41) is 5.87. The van der Waals surface area contributed by atoms with Gasteiger partial charge in [0.15, 0.2) is 0 Å². The van der Waals surface area contributed by atoms with Crippen LogP contribution in [0, 0.1) is 0 Å².